The number of halogens is 1. The topological polar surface area (TPSA) is 70.3 Å². The summed E-state index contributed by atoms with van der Waals surface area (Å²) in [4.78, 5) is 8.25. The average Bonchev–Trinajstić information content (AvgIpc) is 2.73. The minimum absolute atomic E-state index is 0.347. The predicted molar refractivity (Wildman–Crippen MR) is 97.7 cm³/mol. The molecule has 0 aliphatic carbocycles. The first kappa shape index (κ1) is 17.4. The van der Waals surface area contributed by atoms with Crippen LogP contribution in [0, 0.1) is 0 Å². The molecule has 1 aliphatic heterocycles. The second-order valence-corrected chi connectivity index (χ2v) is 7.31. The van der Waals surface area contributed by atoms with Crippen LogP contribution in [-0.2, 0) is 9.31 Å². The molecule has 1 fully saturated rings. The second kappa shape index (κ2) is 6.12. The summed E-state index contributed by atoms with van der Waals surface area (Å²) in [6.45, 7) is 8.44. The normalized spacial score (nSPS) is 19.9. The Kier molecular flexibility index (Phi) is 4.42. The zero-order valence-electron chi connectivity index (χ0n) is 14.3. The van der Waals surface area contributed by atoms with E-state index in [0.717, 1.165) is 21.9 Å². The Balaban J connectivity index is 1.94. The number of benzene rings is 1. The molecule has 0 spiro atoms. The van der Waals surface area contributed by atoms with E-state index in [1.165, 1.54) is 6.33 Å². The first-order valence-electron chi connectivity index (χ1n) is 7.90. The molecule has 0 radical (unpaired) electrons. The van der Waals surface area contributed by atoms with Gasteiger partial charge in [0.15, 0.2) is 0 Å². The van der Waals surface area contributed by atoms with Crippen molar-refractivity contribution in [1.82, 2.24) is 9.97 Å². The summed E-state index contributed by atoms with van der Waals surface area (Å²) in [5.74, 6) is 0. The molecule has 1 aromatic heterocycles. The van der Waals surface area contributed by atoms with E-state index in [1.54, 1.807) is 0 Å². The Hall–Kier alpha value is -1.47. The standard InChI is InChI=1S/C17H21BClN3O2/c1-16(2)17(3,4)24-18(23-16)12(9-20)7-11-5-6-13-14(8-11)21-10-22-15(13)19/h5-8,10H,9,20H2,1-4H3. The van der Waals surface area contributed by atoms with Crippen molar-refractivity contribution in [2.75, 3.05) is 6.54 Å². The van der Waals surface area contributed by atoms with Crippen molar-refractivity contribution in [2.45, 2.75) is 38.9 Å². The molecule has 2 heterocycles. The minimum Gasteiger partial charge on any atom is -0.400 e. The van der Waals surface area contributed by atoms with Crippen LogP contribution in [0.25, 0.3) is 17.0 Å². The maximum Gasteiger partial charge on any atom is 0.491 e. The summed E-state index contributed by atoms with van der Waals surface area (Å²) in [5.41, 5.74) is 7.79. The summed E-state index contributed by atoms with van der Waals surface area (Å²) in [6.07, 6.45) is 3.44. The highest BCUT2D eigenvalue weighted by Crippen LogP contribution is 2.38. The molecule has 2 N–H and O–H groups in total. The van der Waals surface area contributed by atoms with Gasteiger partial charge in [-0.05, 0) is 50.9 Å². The van der Waals surface area contributed by atoms with Gasteiger partial charge < -0.3 is 15.0 Å². The molecule has 5 nitrogen and oxygen atoms in total. The molecule has 1 aromatic carbocycles. The molecular formula is C17H21BClN3O2. The fourth-order valence-corrected chi connectivity index (χ4v) is 2.77. The summed E-state index contributed by atoms with van der Waals surface area (Å²) >= 11 is 6.08. The number of nitrogens with zero attached hydrogens (tertiary/aromatic N) is 2. The van der Waals surface area contributed by atoms with Crippen molar-refractivity contribution in [1.29, 1.82) is 0 Å². The molecule has 0 amide bonds. The van der Waals surface area contributed by atoms with Gasteiger partial charge in [-0.2, -0.15) is 0 Å². The van der Waals surface area contributed by atoms with Crippen LogP contribution in [0.4, 0.5) is 0 Å². The largest absolute Gasteiger partial charge is 0.491 e. The van der Waals surface area contributed by atoms with Crippen LogP contribution in [0.15, 0.2) is 30.0 Å². The van der Waals surface area contributed by atoms with Crippen molar-refractivity contribution in [3.05, 3.63) is 40.7 Å². The second-order valence-electron chi connectivity index (χ2n) is 6.95. The average molecular weight is 346 g/mol. The molecule has 0 unspecified atom stereocenters. The Morgan fingerprint density at radius 2 is 1.88 bits per heavy atom. The number of nitrogens with two attached hydrogens (primary N) is 1. The minimum atomic E-state index is -0.454. The van der Waals surface area contributed by atoms with E-state index in [1.807, 2.05) is 52.0 Å². The van der Waals surface area contributed by atoms with E-state index in [4.69, 9.17) is 26.6 Å². The predicted octanol–water partition coefficient (Wildman–Crippen LogP) is 3.26. The number of fused-ring (bicyclic) bond motifs is 1. The fourth-order valence-electron chi connectivity index (χ4n) is 2.56. The zero-order valence-corrected chi connectivity index (χ0v) is 15.1. The molecule has 0 bridgehead atoms. The highest BCUT2D eigenvalue weighted by molar-refractivity contribution is 6.55. The Bertz CT molecular complexity index is 792. The molecule has 7 heteroatoms. The van der Waals surface area contributed by atoms with Crippen molar-refractivity contribution < 1.29 is 9.31 Å². The lowest BCUT2D eigenvalue weighted by Crippen LogP contribution is -2.41. The maximum absolute atomic E-state index is 6.08. The van der Waals surface area contributed by atoms with Crippen LogP contribution in [-0.4, -0.2) is 34.8 Å². The van der Waals surface area contributed by atoms with Gasteiger partial charge in [-0.15, -0.1) is 0 Å². The van der Waals surface area contributed by atoms with Gasteiger partial charge in [-0.1, -0.05) is 23.7 Å². The Morgan fingerprint density at radius 3 is 2.50 bits per heavy atom. The smallest absolute Gasteiger partial charge is 0.400 e. The van der Waals surface area contributed by atoms with E-state index in [9.17, 15) is 0 Å². The number of hydrogen-bond donors (Lipinski definition) is 1. The van der Waals surface area contributed by atoms with Crippen LogP contribution in [0.1, 0.15) is 33.3 Å². The van der Waals surface area contributed by atoms with Crippen LogP contribution >= 0.6 is 11.6 Å². The Labute approximate surface area is 147 Å². The lowest BCUT2D eigenvalue weighted by molar-refractivity contribution is 0.00578. The van der Waals surface area contributed by atoms with Crippen LogP contribution in [0.3, 0.4) is 0 Å². The van der Waals surface area contributed by atoms with Crippen LogP contribution in [0.2, 0.25) is 5.15 Å². The maximum atomic E-state index is 6.08. The third-order valence-corrected chi connectivity index (χ3v) is 5.06. The third kappa shape index (κ3) is 3.07. The molecule has 0 atom stereocenters. The van der Waals surface area contributed by atoms with Crippen molar-refractivity contribution >= 4 is 35.7 Å². The van der Waals surface area contributed by atoms with Crippen LogP contribution < -0.4 is 5.73 Å². The van der Waals surface area contributed by atoms with Gasteiger partial charge in [0.25, 0.3) is 0 Å². The van der Waals surface area contributed by atoms with Gasteiger partial charge in [0.05, 0.1) is 16.7 Å². The van der Waals surface area contributed by atoms with Gasteiger partial charge in [0.1, 0.15) is 11.5 Å². The summed E-state index contributed by atoms with van der Waals surface area (Å²) < 4.78 is 12.2. The van der Waals surface area contributed by atoms with Gasteiger partial charge in [-0.3, -0.25) is 0 Å². The molecule has 0 saturated carbocycles. The van der Waals surface area contributed by atoms with E-state index in [0.29, 0.717) is 11.7 Å². The first-order chi connectivity index (χ1) is 11.2. The molecule has 24 heavy (non-hydrogen) atoms. The van der Waals surface area contributed by atoms with Crippen molar-refractivity contribution in [3.63, 3.8) is 0 Å². The molecule has 3 rings (SSSR count). The Morgan fingerprint density at radius 1 is 1.21 bits per heavy atom. The zero-order chi connectivity index (χ0) is 17.5. The monoisotopic (exact) mass is 345 g/mol. The SMILES string of the molecule is CC1(C)OB(C(=Cc2ccc3c(Cl)ncnc3c2)CN)OC1(C)C. The lowest BCUT2D eigenvalue weighted by atomic mass is 9.77. The van der Waals surface area contributed by atoms with E-state index >= 15 is 0 Å². The molecular weight excluding hydrogens is 324 g/mol. The summed E-state index contributed by atoms with van der Waals surface area (Å²) in [5, 5.41) is 1.27. The fraction of sp³-hybridized carbons (Fsp3) is 0.412. The molecule has 126 valence electrons. The number of hydrogen-bond acceptors (Lipinski definition) is 5. The number of aromatic nitrogens is 2. The highest BCUT2D eigenvalue weighted by atomic mass is 35.5. The number of rotatable bonds is 3. The van der Waals surface area contributed by atoms with Crippen LogP contribution in [0.5, 0.6) is 0 Å². The van der Waals surface area contributed by atoms with E-state index < -0.39 is 18.3 Å². The molecule has 1 aliphatic rings. The van der Waals surface area contributed by atoms with Crippen molar-refractivity contribution in [3.8, 4) is 0 Å². The van der Waals surface area contributed by atoms with Gasteiger partial charge >= 0.3 is 7.12 Å². The van der Waals surface area contributed by atoms with Gasteiger partial charge in [-0.25, -0.2) is 9.97 Å². The third-order valence-electron chi connectivity index (χ3n) is 4.76. The summed E-state index contributed by atoms with van der Waals surface area (Å²) in [6, 6.07) is 5.81. The molecule has 1 saturated heterocycles. The highest BCUT2D eigenvalue weighted by Gasteiger charge is 2.52. The van der Waals surface area contributed by atoms with Gasteiger partial charge in [0, 0.05) is 11.9 Å². The van der Waals surface area contributed by atoms with Crippen molar-refractivity contribution in [2.24, 2.45) is 5.73 Å². The quantitative estimate of drug-likeness (QED) is 0.683. The first-order valence-corrected chi connectivity index (χ1v) is 8.28. The molecule has 2 aromatic rings. The lowest BCUT2D eigenvalue weighted by Gasteiger charge is -2.32. The van der Waals surface area contributed by atoms with E-state index in [-0.39, 0.29) is 0 Å². The van der Waals surface area contributed by atoms with Gasteiger partial charge in [0.2, 0.25) is 0 Å². The summed E-state index contributed by atoms with van der Waals surface area (Å²) in [7, 11) is -0.454. The van der Waals surface area contributed by atoms with E-state index in [2.05, 4.69) is 9.97 Å².